The summed E-state index contributed by atoms with van der Waals surface area (Å²) in [6, 6.07) is 0. The Bertz CT molecular complexity index is 597. The maximum atomic E-state index is 12.4. The molecule has 2 unspecified atom stereocenters. The molecule has 1 heterocycles. The van der Waals surface area contributed by atoms with Crippen LogP contribution in [-0.4, -0.2) is 48.4 Å². The van der Waals surface area contributed by atoms with Crippen molar-refractivity contribution in [3.05, 3.63) is 0 Å². The highest BCUT2D eigenvalue weighted by molar-refractivity contribution is 7.47. The number of likely N-dealkylation sites (tertiary alicyclic amines) is 1. The molecule has 1 aliphatic heterocycles. The van der Waals surface area contributed by atoms with Crippen LogP contribution in [0.5, 0.6) is 0 Å². The van der Waals surface area contributed by atoms with Crippen molar-refractivity contribution in [1.29, 1.82) is 0 Å². The van der Waals surface area contributed by atoms with Crippen molar-refractivity contribution in [3.8, 4) is 0 Å². The summed E-state index contributed by atoms with van der Waals surface area (Å²) in [6.45, 7) is 8.00. The molecule has 0 amide bonds. The second-order valence-corrected chi connectivity index (χ2v) is 13.1. The van der Waals surface area contributed by atoms with E-state index in [9.17, 15) is 14.3 Å². The molecule has 0 aliphatic carbocycles. The maximum Gasteiger partial charge on any atom is 0.472 e. The third-order valence-corrected chi connectivity index (χ3v) is 8.79. The predicted octanol–water partition coefficient (Wildman–Crippen LogP) is 9.24. The van der Waals surface area contributed by atoms with Crippen molar-refractivity contribution in [2.75, 3.05) is 32.8 Å². The van der Waals surface area contributed by atoms with Crippen molar-refractivity contribution >= 4 is 13.6 Å². The average molecular weight is 560 g/mol. The van der Waals surface area contributed by atoms with Crippen LogP contribution in [0.15, 0.2) is 0 Å². The highest BCUT2D eigenvalue weighted by Crippen LogP contribution is 2.44. The number of carbonyl (C=O) groups is 1. The predicted molar refractivity (Wildman–Crippen MR) is 160 cm³/mol. The molecular formula is C31H62NO5P. The van der Waals surface area contributed by atoms with E-state index in [0.717, 1.165) is 45.1 Å². The lowest BCUT2D eigenvalue weighted by molar-refractivity contribution is -0.120. The van der Waals surface area contributed by atoms with E-state index in [4.69, 9.17) is 9.05 Å². The summed E-state index contributed by atoms with van der Waals surface area (Å²) in [5, 5.41) is 0. The van der Waals surface area contributed by atoms with Gasteiger partial charge in [0, 0.05) is 12.8 Å². The number of hydrogen-bond donors (Lipinski definition) is 1. The molecule has 2 atom stereocenters. The molecule has 6 nitrogen and oxygen atoms in total. The molecule has 1 N–H and O–H groups in total. The van der Waals surface area contributed by atoms with E-state index >= 15 is 0 Å². The maximum absolute atomic E-state index is 12.4. The molecule has 1 rings (SSSR count). The highest BCUT2D eigenvalue weighted by atomic mass is 31.2. The molecule has 7 heteroatoms. The fraction of sp³-hybridized carbons (Fsp3) is 0.968. The fourth-order valence-corrected chi connectivity index (χ4v) is 6.27. The Labute approximate surface area is 235 Å². The molecule has 0 aromatic heterocycles. The highest BCUT2D eigenvalue weighted by Gasteiger charge is 2.24. The first-order valence-electron chi connectivity index (χ1n) is 16.3. The van der Waals surface area contributed by atoms with Crippen LogP contribution in [0.2, 0.25) is 0 Å². The monoisotopic (exact) mass is 559 g/mol. The van der Waals surface area contributed by atoms with E-state index in [1.165, 1.54) is 103 Å². The van der Waals surface area contributed by atoms with Crippen LogP contribution in [0.1, 0.15) is 155 Å². The minimum absolute atomic E-state index is 0.00869. The lowest BCUT2D eigenvalue weighted by atomic mass is 9.94. The molecule has 1 aliphatic rings. The van der Waals surface area contributed by atoms with E-state index in [1.807, 2.05) is 6.92 Å². The van der Waals surface area contributed by atoms with Gasteiger partial charge in [-0.2, -0.15) is 0 Å². The summed E-state index contributed by atoms with van der Waals surface area (Å²) in [7, 11) is -4.07. The lowest BCUT2D eigenvalue weighted by Gasteiger charge is -2.19. The van der Waals surface area contributed by atoms with Gasteiger partial charge in [-0.3, -0.25) is 13.8 Å². The smallest absolute Gasteiger partial charge is 0.303 e. The van der Waals surface area contributed by atoms with Crippen molar-refractivity contribution in [3.63, 3.8) is 0 Å². The lowest BCUT2D eigenvalue weighted by Crippen LogP contribution is -2.20. The van der Waals surface area contributed by atoms with Crippen molar-refractivity contribution in [2.45, 2.75) is 155 Å². The molecular weight excluding hydrogens is 497 g/mol. The summed E-state index contributed by atoms with van der Waals surface area (Å²) in [6.07, 6.45) is 25.4. The Hall–Kier alpha value is -0.260. The first-order valence-corrected chi connectivity index (χ1v) is 17.8. The summed E-state index contributed by atoms with van der Waals surface area (Å²) in [5.74, 6) is 0.215. The van der Waals surface area contributed by atoms with Crippen LogP contribution < -0.4 is 0 Å². The molecule has 1 saturated heterocycles. The van der Waals surface area contributed by atoms with Crippen molar-refractivity contribution < 1.29 is 23.3 Å². The quantitative estimate of drug-likeness (QED) is 0.0760. The number of Topliss-reactive ketones (excluding diaryl/α,β-unsaturated/α-hetero) is 1. The first-order chi connectivity index (χ1) is 18.5. The van der Waals surface area contributed by atoms with Gasteiger partial charge in [-0.25, -0.2) is 4.57 Å². The van der Waals surface area contributed by atoms with Gasteiger partial charge in [-0.15, -0.1) is 0 Å². The average Bonchev–Trinajstić information content (AvgIpc) is 3.41. The van der Waals surface area contributed by atoms with Crippen molar-refractivity contribution in [1.82, 2.24) is 4.90 Å². The third kappa shape index (κ3) is 21.5. The van der Waals surface area contributed by atoms with Gasteiger partial charge < -0.3 is 9.79 Å². The Balaban J connectivity index is 2.13. The van der Waals surface area contributed by atoms with Crippen LogP contribution in [0.25, 0.3) is 0 Å². The zero-order chi connectivity index (χ0) is 27.7. The SMILES string of the molecule is CCCCCCCCCCCCCCCCC(COP(=O)(O)OCCCCN1CCCC1)CC(=O)CCC. The molecule has 38 heavy (non-hydrogen) atoms. The molecule has 0 bridgehead atoms. The number of ketones is 1. The van der Waals surface area contributed by atoms with Crippen LogP contribution in [0.3, 0.4) is 0 Å². The minimum Gasteiger partial charge on any atom is -0.303 e. The van der Waals surface area contributed by atoms with Gasteiger partial charge in [0.25, 0.3) is 0 Å². The minimum atomic E-state index is -4.07. The van der Waals surface area contributed by atoms with Gasteiger partial charge in [0.05, 0.1) is 13.2 Å². The molecule has 226 valence electrons. The standard InChI is InChI=1S/C31H62NO5P/c1-3-5-6-7-8-9-10-11-12-13-14-15-16-17-23-30(28-31(33)22-4-2)29-37-38(34,35)36-27-21-20-26-32-24-18-19-25-32/h30H,3-29H2,1-2H3,(H,34,35). The number of hydrogen-bond acceptors (Lipinski definition) is 5. The Morgan fingerprint density at radius 2 is 1.32 bits per heavy atom. The third-order valence-electron chi connectivity index (χ3n) is 7.81. The van der Waals surface area contributed by atoms with Gasteiger partial charge in [-0.1, -0.05) is 104 Å². The number of unbranched alkanes of at least 4 members (excludes halogenated alkanes) is 14. The largest absolute Gasteiger partial charge is 0.472 e. The fourth-order valence-electron chi connectivity index (χ4n) is 5.44. The summed E-state index contributed by atoms with van der Waals surface area (Å²) in [4.78, 5) is 24.8. The molecule has 0 saturated carbocycles. The van der Waals surface area contributed by atoms with Gasteiger partial charge in [-0.05, 0) is 64.1 Å². The van der Waals surface area contributed by atoms with Gasteiger partial charge in [0.2, 0.25) is 0 Å². The molecule has 0 spiro atoms. The second kappa shape index (κ2) is 24.5. The molecule has 0 aromatic carbocycles. The summed E-state index contributed by atoms with van der Waals surface area (Å²) in [5.41, 5.74) is 0. The second-order valence-electron chi connectivity index (χ2n) is 11.6. The zero-order valence-electron chi connectivity index (χ0n) is 25.1. The first kappa shape index (κ1) is 35.8. The van der Waals surface area contributed by atoms with Gasteiger partial charge in [0.1, 0.15) is 5.78 Å². The number of rotatable bonds is 28. The topological polar surface area (TPSA) is 76.1 Å². The Morgan fingerprint density at radius 3 is 1.87 bits per heavy atom. The van der Waals surface area contributed by atoms with Gasteiger partial charge >= 0.3 is 7.82 Å². The zero-order valence-corrected chi connectivity index (χ0v) is 26.0. The van der Waals surface area contributed by atoms with Gasteiger partial charge in [0.15, 0.2) is 0 Å². The van der Waals surface area contributed by atoms with Crippen LogP contribution in [0.4, 0.5) is 0 Å². The molecule has 1 fully saturated rings. The number of carbonyl (C=O) groups excluding carboxylic acids is 1. The van der Waals surface area contributed by atoms with E-state index in [1.54, 1.807) is 0 Å². The normalized spacial score (nSPS) is 16.6. The van der Waals surface area contributed by atoms with E-state index < -0.39 is 7.82 Å². The van der Waals surface area contributed by atoms with Crippen LogP contribution >= 0.6 is 7.82 Å². The summed E-state index contributed by atoms with van der Waals surface area (Å²) >= 11 is 0. The van der Waals surface area contributed by atoms with Crippen LogP contribution in [0, 0.1) is 5.92 Å². The van der Waals surface area contributed by atoms with E-state index in [0.29, 0.717) is 12.8 Å². The van der Waals surface area contributed by atoms with E-state index in [2.05, 4.69) is 11.8 Å². The number of phosphoric ester groups is 1. The van der Waals surface area contributed by atoms with Crippen molar-refractivity contribution in [2.24, 2.45) is 5.92 Å². The van der Waals surface area contributed by atoms with E-state index in [-0.39, 0.29) is 24.9 Å². The molecule has 0 aromatic rings. The van der Waals surface area contributed by atoms with Crippen LogP contribution in [-0.2, 0) is 18.4 Å². The number of phosphoric acid groups is 1. The number of nitrogens with zero attached hydrogens (tertiary/aromatic N) is 1. The Kier molecular flexibility index (Phi) is 23.1. The molecule has 0 radical (unpaired) electrons. The Morgan fingerprint density at radius 1 is 0.763 bits per heavy atom. The summed E-state index contributed by atoms with van der Waals surface area (Å²) < 4.78 is 22.9.